The zero-order chi connectivity index (χ0) is 19.6. The number of pyridine rings is 1. The number of anilines is 1. The third kappa shape index (κ3) is 6.22. The minimum Gasteiger partial charge on any atom is -0.462 e. The Morgan fingerprint density at radius 1 is 1.15 bits per heavy atom. The maximum atomic E-state index is 12.3. The SMILES string of the molecule is CCOC(=O)c1ccccc1NC(=O)CCN(Cc1cccnc1)C(C)=O. The standard InChI is InChI=1S/C20H23N3O4/c1-3-27-20(26)17-8-4-5-9-18(17)22-19(25)10-12-23(15(2)24)14-16-7-6-11-21-13-16/h4-9,11,13H,3,10,12,14H2,1-2H3,(H,22,25). The predicted octanol–water partition coefficient (Wildman–Crippen LogP) is 2.64. The van der Waals surface area contributed by atoms with Gasteiger partial charge in [0.25, 0.3) is 0 Å². The summed E-state index contributed by atoms with van der Waals surface area (Å²) < 4.78 is 5.00. The first kappa shape index (κ1) is 20.1. The zero-order valence-electron chi connectivity index (χ0n) is 15.5. The number of amides is 2. The average Bonchev–Trinajstić information content (AvgIpc) is 2.66. The molecule has 2 amide bonds. The molecule has 0 unspecified atom stereocenters. The number of nitrogens with zero attached hydrogens (tertiary/aromatic N) is 2. The van der Waals surface area contributed by atoms with Crippen molar-refractivity contribution in [2.24, 2.45) is 0 Å². The second kappa shape index (κ2) is 10.1. The Kier molecular flexibility index (Phi) is 7.49. The number of para-hydroxylation sites is 1. The van der Waals surface area contributed by atoms with E-state index in [0.717, 1.165) is 5.56 Å². The van der Waals surface area contributed by atoms with Crippen molar-refractivity contribution in [3.63, 3.8) is 0 Å². The Balaban J connectivity index is 1.97. The maximum absolute atomic E-state index is 12.3. The summed E-state index contributed by atoms with van der Waals surface area (Å²) in [6.45, 7) is 4.08. The van der Waals surface area contributed by atoms with E-state index in [-0.39, 0.29) is 31.4 Å². The summed E-state index contributed by atoms with van der Waals surface area (Å²) in [5.41, 5.74) is 1.58. The largest absolute Gasteiger partial charge is 0.462 e. The molecule has 2 aromatic rings. The molecule has 0 bridgehead atoms. The summed E-state index contributed by atoms with van der Waals surface area (Å²) in [7, 11) is 0. The number of carbonyl (C=O) groups is 3. The van der Waals surface area contributed by atoms with Gasteiger partial charge in [0.05, 0.1) is 17.9 Å². The highest BCUT2D eigenvalue weighted by Crippen LogP contribution is 2.16. The number of esters is 1. The van der Waals surface area contributed by atoms with E-state index in [1.54, 1.807) is 54.5 Å². The topological polar surface area (TPSA) is 88.6 Å². The molecule has 0 aliphatic heterocycles. The van der Waals surface area contributed by atoms with Crippen LogP contribution in [0.25, 0.3) is 0 Å². The number of hydrogen-bond donors (Lipinski definition) is 1. The van der Waals surface area contributed by atoms with E-state index in [4.69, 9.17) is 4.74 Å². The van der Waals surface area contributed by atoms with E-state index in [2.05, 4.69) is 10.3 Å². The van der Waals surface area contributed by atoms with Crippen molar-refractivity contribution in [2.45, 2.75) is 26.8 Å². The van der Waals surface area contributed by atoms with Gasteiger partial charge in [-0.25, -0.2) is 4.79 Å². The number of hydrogen-bond acceptors (Lipinski definition) is 5. The van der Waals surface area contributed by atoms with Crippen LogP contribution in [0.15, 0.2) is 48.8 Å². The van der Waals surface area contributed by atoms with Gasteiger partial charge in [-0.2, -0.15) is 0 Å². The summed E-state index contributed by atoms with van der Waals surface area (Å²) in [6, 6.07) is 10.3. The number of aromatic nitrogens is 1. The molecular weight excluding hydrogens is 346 g/mol. The molecule has 0 atom stereocenters. The van der Waals surface area contributed by atoms with E-state index < -0.39 is 5.97 Å². The molecule has 7 nitrogen and oxygen atoms in total. The highest BCUT2D eigenvalue weighted by molar-refractivity contribution is 6.01. The van der Waals surface area contributed by atoms with E-state index >= 15 is 0 Å². The minimum absolute atomic E-state index is 0.108. The molecule has 142 valence electrons. The van der Waals surface area contributed by atoms with Gasteiger partial charge in [0, 0.05) is 38.8 Å². The Morgan fingerprint density at radius 2 is 1.93 bits per heavy atom. The fraction of sp³-hybridized carbons (Fsp3) is 0.300. The van der Waals surface area contributed by atoms with Crippen molar-refractivity contribution in [2.75, 3.05) is 18.5 Å². The number of carbonyl (C=O) groups excluding carboxylic acids is 3. The fourth-order valence-corrected chi connectivity index (χ4v) is 2.49. The monoisotopic (exact) mass is 369 g/mol. The van der Waals surface area contributed by atoms with Crippen LogP contribution in [0, 0.1) is 0 Å². The molecule has 0 radical (unpaired) electrons. The molecule has 0 aliphatic carbocycles. The molecule has 1 aromatic carbocycles. The van der Waals surface area contributed by atoms with Crippen molar-refractivity contribution in [1.29, 1.82) is 0 Å². The van der Waals surface area contributed by atoms with Crippen LogP contribution in [0.2, 0.25) is 0 Å². The number of ether oxygens (including phenoxy) is 1. The molecule has 1 heterocycles. The third-order valence-corrected chi connectivity index (χ3v) is 3.85. The summed E-state index contributed by atoms with van der Waals surface area (Å²) in [4.78, 5) is 41.7. The molecule has 0 saturated heterocycles. The van der Waals surface area contributed by atoms with Crippen molar-refractivity contribution < 1.29 is 19.1 Å². The average molecular weight is 369 g/mol. The minimum atomic E-state index is -0.490. The number of rotatable bonds is 8. The quantitative estimate of drug-likeness (QED) is 0.723. The summed E-state index contributed by atoms with van der Waals surface area (Å²) in [6.07, 6.45) is 3.46. The zero-order valence-corrected chi connectivity index (χ0v) is 15.5. The fourth-order valence-electron chi connectivity index (χ4n) is 2.49. The Labute approximate surface area is 158 Å². The van der Waals surface area contributed by atoms with Crippen LogP contribution in [0.4, 0.5) is 5.69 Å². The van der Waals surface area contributed by atoms with E-state index in [0.29, 0.717) is 17.8 Å². The normalized spacial score (nSPS) is 10.1. The van der Waals surface area contributed by atoms with Crippen LogP contribution in [-0.2, 0) is 20.9 Å². The van der Waals surface area contributed by atoms with Gasteiger partial charge in [0.15, 0.2) is 0 Å². The predicted molar refractivity (Wildman–Crippen MR) is 101 cm³/mol. The maximum Gasteiger partial charge on any atom is 0.340 e. The molecule has 1 N–H and O–H groups in total. The summed E-state index contributed by atoms with van der Waals surface area (Å²) in [5, 5.41) is 2.72. The van der Waals surface area contributed by atoms with E-state index in [1.165, 1.54) is 6.92 Å². The lowest BCUT2D eigenvalue weighted by Gasteiger charge is -2.21. The van der Waals surface area contributed by atoms with Crippen molar-refractivity contribution in [1.82, 2.24) is 9.88 Å². The van der Waals surface area contributed by atoms with Crippen LogP contribution < -0.4 is 5.32 Å². The molecule has 2 rings (SSSR count). The Bertz CT molecular complexity index is 793. The van der Waals surface area contributed by atoms with Gasteiger partial charge in [-0.1, -0.05) is 18.2 Å². The Hall–Kier alpha value is -3.22. The first-order chi connectivity index (χ1) is 13.0. The van der Waals surface area contributed by atoms with Crippen LogP contribution in [0.3, 0.4) is 0 Å². The smallest absolute Gasteiger partial charge is 0.340 e. The first-order valence-corrected chi connectivity index (χ1v) is 8.71. The molecular formula is C20H23N3O4. The van der Waals surface area contributed by atoms with Gasteiger partial charge in [0.1, 0.15) is 0 Å². The highest BCUT2D eigenvalue weighted by Gasteiger charge is 2.16. The highest BCUT2D eigenvalue weighted by atomic mass is 16.5. The van der Waals surface area contributed by atoms with Gasteiger partial charge in [-0.15, -0.1) is 0 Å². The van der Waals surface area contributed by atoms with Crippen molar-refractivity contribution in [3.8, 4) is 0 Å². The third-order valence-electron chi connectivity index (χ3n) is 3.85. The van der Waals surface area contributed by atoms with Crippen LogP contribution >= 0.6 is 0 Å². The van der Waals surface area contributed by atoms with E-state index in [1.807, 2.05) is 6.07 Å². The number of nitrogens with one attached hydrogen (secondary N) is 1. The van der Waals surface area contributed by atoms with E-state index in [9.17, 15) is 14.4 Å². The van der Waals surface area contributed by atoms with Gasteiger partial charge in [-0.05, 0) is 30.7 Å². The van der Waals surface area contributed by atoms with Crippen LogP contribution in [0.1, 0.15) is 36.2 Å². The van der Waals surface area contributed by atoms with Crippen molar-refractivity contribution in [3.05, 3.63) is 59.9 Å². The van der Waals surface area contributed by atoms with Gasteiger partial charge in [-0.3, -0.25) is 14.6 Å². The summed E-state index contributed by atoms with van der Waals surface area (Å²) >= 11 is 0. The molecule has 0 aliphatic rings. The molecule has 0 fully saturated rings. The van der Waals surface area contributed by atoms with Crippen LogP contribution in [0.5, 0.6) is 0 Å². The molecule has 1 aromatic heterocycles. The molecule has 27 heavy (non-hydrogen) atoms. The summed E-state index contributed by atoms with van der Waals surface area (Å²) in [5.74, 6) is -0.905. The second-order valence-electron chi connectivity index (χ2n) is 5.87. The molecule has 0 spiro atoms. The lowest BCUT2D eigenvalue weighted by atomic mass is 10.1. The molecule has 7 heteroatoms. The second-order valence-corrected chi connectivity index (χ2v) is 5.87. The number of benzene rings is 1. The van der Waals surface area contributed by atoms with Gasteiger partial charge in [0.2, 0.25) is 11.8 Å². The van der Waals surface area contributed by atoms with Gasteiger partial charge < -0.3 is 15.0 Å². The Morgan fingerprint density at radius 3 is 2.59 bits per heavy atom. The lowest BCUT2D eigenvalue weighted by molar-refractivity contribution is -0.129. The lowest BCUT2D eigenvalue weighted by Crippen LogP contribution is -2.31. The van der Waals surface area contributed by atoms with Crippen LogP contribution in [-0.4, -0.2) is 40.8 Å². The van der Waals surface area contributed by atoms with Crippen molar-refractivity contribution >= 4 is 23.5 Å². The first-order valence-electron chi connectivity index (χ1n) is 8.71. The van der Waals surface area contributed by atoms with Gasteiger partial charge >= 0.3 is 5.97 Å². The molecule has 0 saturated carbocycles.